The van der Waals surface area contributed by atoms with Crippen LogP contribution >= 0.6 is 23.2 Å². The normalized spacial score (nSPS) is 16.5. The monoisotopic (exact) mass is 454 g/mol. The Hall–Kier alpha value is -1.60. The summed E-state index contributed by atoms with van der Waals surface area (Å²) >= 11 is 12.4. The summed E-state index contributed by atoms with van der Waals surface area (Å²) in [5, 5.41) is 3.09. The third kappa shape index (κ3) is 5.12. The van der Waals surface area contributed by atoms with Crippen LogP contribution in [-0.2, 0) is 16.4 Å². The van der Waals surface area contributed by atoms with E-state index in [4.69, 9.17) is 23.2 Å². The van der Waals surface area contributed by atoms with E-state index in [1.807, 2.05) is 32.0 Å². The Morgan fingerprint density at radius 1 is 1.17 bits per heavy atom. The molecule has 0 aliphatic heterocycles. The molecule has 0 spiro atoms. The Bertz CT molecular complexity index is 1020. The van der Waals surface area contributed by atoms with Crippen LogP contribution in [-0.4, -0.2) is 20.9 Å². The van der Waals surface area contributed by atoms with E-state index in [1.165, 1.54) is 17.7 Å². The third-order valence-corrected chi connectivity index (χ3v) is 7.11. The Balaban J connectivity index is 1.88. The molecule has 0 saturated carbocycles. The fourth-order valence-corrected chi connectivity index (χ4v) is 5.47. The number of hydrogen-bond donors (Lipinski definition) is 2. The lowest BCUT2D eigenvalue weighted by Gasteiger charge is -2.26. The van der Waals surface area contributed by atoms with Gasteiger partial charge >= 0.3 is 0 Å². The van der Waals surface area contributed by atoms with Crippen molar-refractivity contribution in [2.24, 2.45) is 5.92 Å². The van der Waals surface area contributed by atoms with Gasteiger partial charge in [-0.3, -0.25) is 4.79 Å². The van der Waals surface area contributed by atoms with Crippen LogP contribution in [0.1, 0.15) is 54.2 Å². The van der Waals surface area contributed by atoms with Crippen molar-refractivity contribution in [1.29, 1.82) is 0 Å². The summed E-state index contributed by atoms with van der Waals surface area (Å²) in [6, 6.07) is 10.4. The van der Waals surface area contributed by atoms with Crippen molar-refractivity contribution in [3.8, 4) is 0 Å². The highest BCUT2D eigenvalue weighted by molar-refractivity contribution is 7.89. The van der Waals surface area contributed by atoms with E-state index < -0.39 is 15.9 Å². The SMILES string of the molecule is CC(C)CNS(=O)(=O)c1cc(C(=O)NC2CCCc3ccccc32)c(Cl)cc1Cl. The molecule has 1 unspecified atom stereocenters. The quantitative estimate of drug-likeness (QED) is 0.661. The van der Waals surface area contributed by atoms with Crippen LogP contribution < -0.4 is 10.0 Å². The maximum atomic E-state index is 12.9. The molecule has 1 atom stereocenters. The van der Waals surface area contributed by atoms with Gasteiger partial charge in [0.15, 0.2) is 0 Å². The largest absolute Gasteiger partial charge is 0.345 e. The van der Waals surface area contributed by atoms with Gasteiger partial charge in [0, 0.05) is 6.54 Å². The third-order valence-electron chi connectivity index (χ3n) is 4.91. The van der Waals surface area contributed by atoms with E-state index in [2.05, 4.69) is 16.1 Å². The van der Waals surface area contributed by atoms with Gasteiger partial charge in [0.05, 0.1) is 21.7 Å². The molecule has 2 aromatic rings. The molecule has 2 N–H and O–H groups in total. The van der Waals surface area contributed by atoms with Gasteiger partial charge in [-0.25, -0.2) is 13.1 Å². The van der Waals surface area contributed by atoms with E-state index >= 15 is 0 Å². The van der Waals surface area contributed by atoms with Crippen LogP contribution in [0.4, 0.5) is 0 Å². The van der Waals surface area contributed by atoms with Crippen LogP contribution in [0, 0.1) is 5.92 Å². The van der Waals surface area contributed by atoms with Crippen molar-refractivity contribution in [2.45, 2.75) is 44.0 Å². The first-order valence-electron chi connectivity index (χ1n) is 9.56. The Kier molecular flexibility index (Phi) is 6.89. The maximum absolute atomic E-state index is 12.9. The van der Waals surface area contributed by atoms with Gasteiger partial charge in [0.1, 0.15) is 4.90 Å². The van der Waals surface area contributed by atoms with Crippen LogP contribution in [0.2, 0.25) is 10.0 Å². The molecule has 0 aromatic heterocycles. The topological polar surface area (TPSA) is 75.3 Å². The van der Waals surface area contributed by atoms with E-state index in [9.17, 15) is 13.2 Å². The second-order valence-corrected chi connectivity index (χ2v) is 10.2. The zero-order chi connectivity index (χ0) is 21.2. The highest BCUT2D eigenvalue weighted by Gasteiger charge is 2.26. The van der Waals surface area contributed by atoms with Crippen LogP contribution in [0.5, 0.6) is 0 Å². The Labute approximate surface area is 181 Å². The van der Waals surface area contributed by atoms with Gasteiger partial charge < -0.3 is 5.32 Å². The smallest absolute Gasteiger partial charge is 0.253 e. The van der Waals surface area contributed by atoms with Crippen molar-refractivity contribution in [3.63, 3.8) is 0 Å². The number of sulfonamides is 1. The van der Waals surface area contributed by atoms with Gasteiger partial charge in [-0.1, -0.05) is 61.3 Å². The number of fused-ring (bicyclic) bond motifs is 1. The number of carbonyl (C=O) groups is 1. The van der Waals surface area contributed by atoms with E-state index in [-0.39, 0.29) is 39.0 Å². The number of nitrogens with one attached hydrogen (secondary N) is 2. The summed E-state index contributed by atoms with van der Waals surface area (Å²) in [5.41, 5.74) is 2.39. The molecule has 5 nitrogen and oxygen atoms in total. The second-order valence-electron chi connectivity index (χ2n) is 7.63. The number of rotatable bonds is 6. The van der Waals surface area contributed by atoms with E-state index in [0.717, 1.165) is 24.8 Å². The minimum Gasteiger partial charge on any atom is -0.345 e. The van der Waals surface area contributed by atoms with Crippen molar-refractivity contribution in [3.05, 3.63) is 63.1 Å². The number of halogens is 2. The Morgan fingerprint density at radius 3 is 2.62 bits per heavy atom. The maximum Gasteiger partial charge on any atom is 0.253 e. The van der Waals surface area contributed by atoms with Crippen molar-refractivity contribution in [2.75, 3.05) is 6.54 Å². The average Bonchev–Trinajstić information content (AvgIpc) is 2.66. The molecular formula is C21H24Cl2N2O3S. The number of hydrogen-bond acceptors (Lipinski definition) is 3. The van der Waals surface area contributed by atoms with E-state index in [1.54, 1.807) is 0 Å². The summed E-state index contributed by atoms with van der Waals surface area (Å²) in [7, 11) is -3.86. The molecule has 8 heteroatoms. The summed E-state index contributed by atoms with van der Waals surface area (Å²) < 4.78 is 27.8. The van der Waals surface area contributed by atoms with Crippen molar-refractivity contribution in [1.82, 2.24) is 10.0 Å². The van der Waals surface area contributed by atoms with Gasteiger partial charge in [-0.2, -0.15) is 0 Å². The zero-order valence-electron chi connectivity index (χ0n) is 16.3. The summed E-state index contributed by atoms with van der Waals surface area (Å²) in [4.78, 5) is 12.8. The number of carbonyl (C=O) groups excluding carboxylic acids is 1. The minimum absolute atomic E-state index is 0.0224. The minimum atomic E-state index is -3.86. The number of amides is 1. The Morgan fingerprint density at radius 2 is 1.90 bits per heavy atom. The molecule has 0 saturated heterocycles. The molecule has 0 bridgehead atoms. The molecule has 29 heavy (non-hydrogen) atoms. The second kappa shape index (κ2) is 9.04. The summed E-state index contributed by atoms with van der Waals surface area (Å²) in [6.45, 7) is 4.06. The molecular weight excluding hydrogens is 431 g/mol. The van der Waals surface area contributed by atoms with E-state index in [0.29, 0.717) is 0 Å². The predicted octanol–water partition coefficient (Wildman–Crippen LogP) is 4.74. The summed E-state index contributed by atoms with van der Waals surface area (Å²) in [6.07, 6.45) is 2.76. The zero-order valence-corrected chi connectivity index (χ0v) is 18.7. The lowest BCUT2D eigenvalue weighted by Crippen LogP contribution is -2.32. The molecule has 1 aliphatic rings. The van der Waals surface area contributed by atoms with Crippen molar-refractivity contribution < 1.29 is 13.2 Å². The number of aryl methyl sites for hydroxylation is 1. The molecule has 0 heterocycles. The molecule has 0 fully saturated rings. The molecule has 0 radical (unpaired) electrons. The lowest BCUT2D eigenvalue weighted by molar-refractivity contribution is 0.0932. The highest BCUT2D eigenvalue weighted by Crippen LogP contribution is 2.32. The first kappa shape index (κ1) is 22.1. The van der Waals surface area contributed by atoms with Crippen LogP contribution in [0.15, 0.2) is 41.3 Å². The molecule has 1 aliphatic carbocycles. The van der Waals surface area contributed by atoms with Gasteiger partial charge in [0.25, 0.3) is 5.91 Å². The molecule has 156 valence electrons. The molecule has 2 aromatic carbocycles. The predicted molar refractivity (Wildman–Crippen MR) is 116 cm³/mol. The standard InChI is InChI=1S/C21H24Cl2N2O3S/c1-13(2)12-24-29(27,28)20-10-16(17(22)11-18(20)23)21(26)25-19-9-5-7-14-6-3-4-8-15(14)19/h3-4,6,8,10-11,13,19,24H,5,7,9,12H2,1-2H3,(H,25,26). The molecule has 3 rings (SSSR count). The first-order chi connectivity index (χ1) is 13.7. The van der Waals surface area contributed by atoms with Gasteiger partial charge in [-0.05, 0) is 48.4 Å². The fourth-order valence-electron chi connectivity index (χ4n) is 3.40. The first-order valence-corrected chi connectivity index (χ1v) is 11.8. The average molecular weight is 455 g/mol. The highest BCUT2D eigenvalue weighted by atomic mass is 35.5. The van der Waals surface area contributed by atoms with Crippen molar-refractivity contribution >= 4 is 39.1 Å². The van der Waals surface area contributed by atoms with Crippen LogP contribution in [0.25, 0.3) is 0 Å². The number of benzene rings is 2. The fraction of sp³-hybridized carbons (Fsp3) is 0.381. The lowest BCUT2D eigenvalue weighted by atomic mass is 9.87. The summed E-state index contributed by atoms with van der Waals surface area (Å²) in [5.74, 6) is -0.293. The molecule has 1 amide bonds. The van der Waals surface area contributed by atoms with Crippen LogP contribution in [0.3, 0.4) is 0 Å². The van der Waals surface area contributed by atoms with Gasteiger partial charge in [-0.15, -0.1) is 0 Å². The van der Waals surface area contributed by atoms with Gasteiger partial charge in [0.2, 0.25) is 10.0 Å².